The molecular weight excluding hydrogens is 598 g/mol. The number of nitrogens with zero attached hydrogens (tertiary/aromatic N) is 3. The standard InChI is InChI=1S/C26H24Br2ClN3O3/c27-20-12-18-2-1-17-13-21(29)14-22(28)24(17)26(34,25(18)31-15-20)19-5-9-32(35,10-6-19)23(33)11-16-3-7-30-8-4-16/h3-4,7-8,12-15,19,34H,1-2,5-6,9-11H2. The first-order valence-electron chi connectivity index (χ1n) is 11.6. The van der Waals surface area contributed by atoms with E-state index >= 15 is 0 Å². The van der Waals surface area contributed by atoms with Crippen molar-refractivity contribution in [2.45, 2.75) is 37.7 Å². The molecule has 5 rings (SSSR count). The first-order valence-corrected chi connectivity index (χ1v) is 13.5. The topological polar surface area (TPSA) is 86.1 Å². The molecule has 182 valence electrons. The molecule has 1 N–H and O–H groups in total. The van der Waals surface area contributed by atoms with E-state index in [0.29, 0.717) is 36.4 Å². The number of halogens is 3. The number of fused-ring (bicyclic) bond motifs is 2. The van der Waals surface area contributed by atoms with E-state index in [4.69, 9.17) is 16.6 Å². The number of aryl methyl sites for hydroxylation is 2. The molecule has 2 aliphatic rings. The number of carbonyl (C=O) groups is 1. The van der Waals surface area contributed by atoms with E-state index in [2.05, 4.69) is 36.8 Å². The van der Waals surface area contributed by atoms with Crippen LogP contribution in [-0.2, 0) is 29.7 Å². The molecular formula is C26H24Br2ClN3O3. The highest BCUT2D eigenvalue weighted by Gasteiger charge is 2.50. The van der Waals surface area contributed by atoms with Crippen molar-refractivity contribution in [3.63, 3.8) is 0 Å². The minimum Gasteiger partial charge on any atom is -0.625 e. The molecule has 9 heteroatoms. The molecule has 0 radical (unpaired) electrons. The highest BCUT2D eigenvalue weighted by atomic mass is 79.9. The number of hydroxylamine groups is 3. The van der Waals surface area contributed by atoms with Crippen LogP contribution in [0.5, 0.6) is 0 Å². The van der Waals surface area contributed by atoms with Crippen LogP contribution in [-0.4, -0.2) is 38.7 Å². The smallest absolute Gasteiger partial charge is 0.318 e. The van der Waals surface area contributed by atoms with E-state index in [9.17, 15) is 15.1 Å². The Balaban J connectivity index is 1.50. The zero-order valence-corrected chi connectivity index (χ0v) is 22.8. The number of rotatable bonds is 3. The number of hydrogen-bond acceptors (Lipinski definition) is 5. The van der Waals surface area contributed by atoms with Crippen molar-refractivity contribution in [1.82, 2.24) is 9.97 Å². The molecule has 1 saturated heterocycles. The first kappa shape index (κ1) is 25.0. The number of carbonyl (C=O) groups excluding carboxylic acids is 1. The summed E-state index contributed by atoms with van der Waals surface area (Å²) in [5.74, 6) is -0.642. The molecule has 1 aliphatic heterocycles. The molecule has 3 aromatic rings. The molecule has 0 saturated carbocycles. The predicted octanol–water partition coefficient (Wildman–Crippen LogP) is 5.48. The number of quaternary nitrogens is 1. The van der Waals surface area contributed by atoms with Crippen LogP contribution in [0, 0.1) is 11.1 Å². The average Bonchev–Trinajstić information content (AvgIpc) is 2.95. The highest BCUT2D eigenvalue weighted by Crippen LogP contribution is 2.49. The maximum absolute atomic E-state index is 13.5. The minimum absolute atomic E-state index is 0.0756. The van der Waals surface area contributed by atoms with Crippen molar-refractivity contribution in [1.29, 1.82) is 0 Å². The Kier molecular flexibility index (Phi) is 6.89. The molecule has 1 aromatic carbocycles. The van der Waals surface area contributed by atoms with Gasteiger partial charge in [0.2, 0.25) is 0 Å². The fourth-order valence-corrected chi connectivity index (χ4v) is 7.08. The van der Waals surface area contributed by atoms with Gasteiger partial charge in [-0.25, -0.2) is 4.79 Å². The molecule has 35 heavy (non-hydrogen) atoms. The van der Waals surface area contributed by atoms with E-state index in [-0.39, 0.29) is 31.3 Å². The van der Waals surface area contributed by atoms with E-state index in [1.165, 1.54) is 0 Å². The van der Waals surface area contributed by atoms with Crippen molar-refractivity contribution in [3.8, 4) is 0 Å². The van der Waals surface area contributed by atoms with Crippen molar-refractivity contribution in [3.05, 3.63) is 96.0 Å². The summed E-state index contributed by atoms with van der Waals surface area (Å²) in [6.07, 6.45) is 7.23. The Morgan fingerprint density at radius 1 is 1.14 bits per heavy atom. The van der Waals surface area contributed by atoms with Gasteiger partial charge in [0.15, 0.2) is 0 Å². The summed E-state index contributed by atoms with van der Waals surface area (Å²) >= 11 is 13.5. The van der Waals surface area contributed by atoms with Crippen LogP contribution in [0.1, 0.15) is 40.8 Å². The Morgan fingerprint density at radius 3 is 2.54 bits per heavy atom. The molecule has 0 bridgehead atoms. The van der Waals surface area contributed by atoms with Crippen molar-refractivity contribution in [2.24, 2.45) is 5.92 Å². The van der Waals surface area contributed by atoms with E-state index < -0.39 is 10.2 Å². The summed E-state index contributed by atoms with van der Waals surface area (Å²) in [5, 5.41) is 26.6. The number of pyridine rings is 2. The van der Waals surface area contributed by atoms with E-state index in [1.807, 2.05) is 12.1 Å². The second-order valence-corrected chi connectivity index (χ2v) is 11.6. The summed E-state index contributed by atoms with van der Waals surface area (Å²) in [5.41, 5.74) is 2.66. The number of aromatic nitrogens is 2. The van der Waals surface area contributed by atoms with Gasteiger partial charge in [-0.1, -0.05) is 27.5 Å². The normalized spacial score (nSPS) is 25.9. The average molecular weight is 622 g/mol. The predicted molar refractivity (Wildman–Crippen MR) is 141 cm³/mol. The lowest BCUT2D eigenvalue weighted by molar-refractivity contribution is -0.812. The van der Waals surface area contributed by atoms with Crippen molar-refractivity contribution >= 4 is 49.4 Å². The first-order chi connectivity index (χ1) is 16.7. The third-order valence-corrected chi connectivity index (χ3v) is 8.58. The summed E-state index contributed by atoms with van der Waals surface area (Å²) in [6.45, 7) is 0.229. The van der Waals surface area contributed by atoms with Crippen LogP contribution in [0.25, 0.3) is 0 Å². The van der Waals surface area contributed by atoms with Crippen LogP contribution in [0.4, 0.5) is 0 Å². The summed E-state index contributed by atoms with van der Waals surface area (Å²) < 4.78 is 0.689. The van der Waals surface area contributed by atoms with Gasteiger partial charge in [0.05, 0.1) is 25.2 Å². The van der Waals surface area contributed by atoms with Crippen LogP contribution in [0.3, 0.4) is 0 Å². The highest BCUT2D eigenvalue weighted by molar-refractivity contribution is 9.10. The quantitative estimate of drug-likeness (QED) is 0.309. The monoisotopic (exact) mass is 619 g/mol. The van der Waals surface area contributed by atoms with Crippen molar-refractivity contribution in [2.75, 3.05) is 13.1 Å². The van der Waals surface area contributed by atoms with Gasteiger partial charge < -0.3 is 10.3 Å². The zero-order valence-electron chi connectivity index (χ0n) is 18.9. The largest absolute Gasteiger partial charge is 0.625 e. The second-order valence-electron chi connectivity index (χ2n) is 9.39. The number of benzene rings is 1. The zero-order chi connectivity index (χ0) is 24.8. The fraction of sp³-hybridized carbons (Fsp3) is 0.346. The van der Waals surface area contributed by atoms with Gasteiger partial charge >= 0.3 is 5.91 Å². The van der Waals surface area contributed by atoms with Gasteiger partial charge in [-0.05, 0) is 75.8 Å². The number of aliphatic hydroxyl groups is 1. The molecule has 1 aliphatic carbocycles. The molecule has 1 atom stereocenters. The molecule has 1 unspecified atom stereocenters. The molecule has 1 amide bonds. The molecule has 3 heterocycles. The van der Waals surface area contributed by atoms with Crippen LogP contribution in [0.15, 0.2) is 57.9 Å². The molecule has 0 spiro atoms. The fourth-order valence-electron chi connectivity index (χ4n) is 5.52. The van der Waals surface area contributed by atoms with Gasteiger partial charge in [-0.2, -0.15) is 0 Å². The maximum Gasteiger partial charge on any atom is 0.318 e. The Hall–Kier alpha value is -1.68. The third kappa shape index (κ3) is 4.61. The minimum atomic E-state index is -1.41. The number of piperidine rings is 1. The van der Waals surface area contributed by atoms with Gasteiger partial charge in [0, 0.05) is 56.9 Å². The van der Waals surface area contributed by atoms with Crippen LogP contribution < -0.4 is 0 Å². The van der Waals surface area contributed by atoms with E-state index in [0.717, 1.165) is 31.2 Å². The van der Waals surface area contributed by atoms with Gasteiger partial charge in [-0.15, -0.1) is 0 Å². The summed E-state index contributed by atoms with van der Waals surface area (Å²) in [4.78, 5) is 21.6. The molecule has 6 nitrogen and oxygen atoms in total. The second kappa shape index (κ2) is 9.65. The molecule has 1 fully saturated rings. The Bertz CT molecular complexity index is 1280. The number of amides is 1. The number of likely N-dealkylation sites (tertiary alicyclic amines) is 1. The molecule has 2 aromatic heterocycles. The Morgan fingerprint density at radius 2 is 1.83 bits per heavy atom. The maximum atomic E-state index is 13.5. The lowest BCUT2D eigenvalue weighted by Gasteiger charge is -2.48. The van der Waals surface area contributed by atoms with Crippen molar-refractivity contribution < 1.29 is 14.5 Å². The van der Waals surface area contributed by atoms with Crippen LogP contribution in [0.2, 0.25) is 5.02 Å². The summed E-state index contributed by atoms with van der Waals surface area (Å²) in [6, 6.07) is 9.22. The number of hydrogen-bond donors (Lipinski definition) is 1. The Labute approximate surface area is 225 Å². The van der Waals surface area contributed by atoms with Gasteiger partial charge in [0.1, 0.15) is 5.60 Å². The SMILES string of the molecule is O=C(Cc1ccncc1)[N+]1([O-])CCC(C2(O)c3ncc(Br)cc3CCc3cc(Cl)cc(Br)c32)CC1. The lowest BCUT2D eigenvalue weighted by Crippen LogP contribution is -2.56. The summed E-state index contributed by atoms with van der Waals surface area (Å²) in [7, 11) is 0. The lowest BCUT2D eigenvalue weighted by atomic mass is 9.72. The van der Waals surface area contributed by atoms with Crippen LogP contribution >= 0.6 is 43.5 Å². The third-order valence-electron chi connectivity index (χ3n) is 7.30. The van der Waals surface area contributed by atoms with Gasteiger partial charge in [0.25, 0.3) is 0 Å². The van der Waals surface area contributed by atoms with Gasteiger partial charge in [-0.3, -0.25) is 14.6 Å². The van der Waals surface area contributed by atoms with E-state index in [1.54, 1.807) is 36.8 Å².